The van der Waals surface area contributed by atoms with Crippen LogP contribution in [0.2, 0.25) is 0 Å². The summed E-state index contributed by atoms with van der Waals surface area (Å²) >= 11 is 0. The normalized spacial score (nSPS) is 20.9. The second-order valence-electron chi connectivity index (χ2n) is 5.97. The fourth-order valence-corrected chi connectivity index (χ4v) is 3.10. The Bertz CT molecular complexity index is 740. The van der Waals surface area contributed by atoms with E-state index in [4.69, 9.17) is 5.26 Å². The highest BCUT2D eigenvalue weighted by Gasteiger charge is 2.39. The largest absolute Gasteiger partial charge is 0.334 e. The van der Waals surface area contributed by atoms with Gasteiger partial charge in [-0.05, 0) is 26.2 Å². The molecule has 0 aromatic carbocycles. The van der Waals surface area contributed by atoms with Crippen molar-refractivity contribution in [1.82, 2.24) is 29.4 Å². The first-order valence-electron chi connectivity index (χ1n) is 7.40. The minimum absolute atomic E-state index is 0.0622. The average Bonchev–Trinajstić information content (AvgIpc) is 3.25. The number of hydrogen-bond acceptors (Lipinski definition) is 5. The molecule has 2 aromatic heterocycles. The third-order valence-electron chi connectivity index (χ3n) is 4.45. The molecule has 0 unspecified atom stereocenters. The lowest BCUT2D eigenvalue weighted by Crippen LogP contribution is -2.37. The van der Waals surface area contributed by atoms with Crippen LogP contribution in [0.4, 0.5) is 0 Å². The van der Waals surface area contributed by atoms with Gasteiger partial charge in [-0.3, -0.25) is 4.79 Å². The smallest absolute Gasteiger partial charge is 0.270 e. The number of hydrogen-bond donors (Lipinski definition) is 0. The predicted octanol–water partition coefficient (Wildman–Crippen LogP) is 0.116. The number of likely N-dealkylation sites (N-methyl/N-ethyl adjacent to an activating group) is 1. The zero-order chi connectivity index (χ0) is 16.6. The van der Waals surface area contributed by atoms with Crippen LogP contribution in [0.1, 0.15) is 22.2 Å². The molecule has 120 valence electrons. The predicted molar refractivity (Wildman–Crippen MR) is 82.6 cm³/mol. The molecular weight excluding hydrogens is 294 g/mol. The first-order chi connectivity index (χ1) is 11.0. The van der Waals surface area contributed by atoms with Crippen LogP contribution in [0.5, 0.6) is 0 Å². The molecular formula is C15H19N7O. The molecule has 8 heteroatoms. The summed E-state index contributed by atoms with van der Waals surface area (Å²) < 4.78 is 3.44. The van der Waals surface area contributed by atoms with Crippen LogP contribution >= 0.6 is 0 Å². The first-order valence-corrected chi connectivity index (χ1v) is 7.40. The highest BCUT2D eigenvalue weighted by atomic mass is 16.2. The topological polar surface area (TPSA) is 83.0 Å². The Morgan fingerprint density at radius 1 is 1.39 bits per heavy atom. The molecule has 0 aliphatic carbocycles. The van der Waals surface area contributed by atoms with Crippen molar-refractivity contribution in [2.45, 2.75) is 12.1 Å². The second-order valence-corrected chi connectivity index (χ2v) is 5.97. The molecule has 3 heterocycles. The van der Waals surface area contributed by atoms with Gasteiger partial charge in [0.1, 0.15) is 17.5 Å². The minimum Gasteiger partial charge on any atom is -0.334 e. The molecule has 23 heavy (non-hydrogen) atoms. The maximum atomic E-state index is 12.8. The van der Waals surface area contributed by atoms with E-state index in [0.29, 0.717) is 24.5 Å². The fraction of sp³-hybridized carbons (Fsp3) is 0.467. The Balaban J connectivity index is 1.85. The fourth-order valence-electron chi connectivity index (χ4n) is 3.10. The molecule has 0 saturated carbocycles. The SMILES string of the molecule is CN(C)[C@@H]1CN(C(=O)c2ccc(C#N)n2C)C[C@@H]1n1ccnn1. The molecule has 0 bridgehead atoms. The zero-order valence-electron chi connectivity index (χ0n) is 13.4. The van der Waals surface area contributed by atoms with E-state index in [-0.39, 0.29) is 18.0 Å². The van der Waals surface area contributed by atoms with Crippen LogP contribution in [0, 0.1) is 11.3 Å². The van der Waals surface area contributed by atoms with Crippen molar-refractivity contribution in [2.75, 3.05) is 27.2 Å². The van der Waals surface area contributed by atoms with E-state index < -0.39 is 0 Å². The lowest BCUT2D eigenvalue weighted by Gasteiger charge is -2.24. The first kappa shape index (κ1) is 15.2. The number of nitriles is 1. The molecule has 1 aliphatic rings. The maximum Gasteiger partial charge on any atom is 0.270 e. The summed E-state index contributed by atoms with van der Waals surface area (Å²) in [5.41, 5.74) is 1.00. The van der Waals surface area contributed by atoms with Gasteiger partial charge in [-0.2, -0.15) is 5.26 Å². The van der Waals surface area contributed by atoms with E-state index in [1.165, 1.54) is 0 Å². The highest BCUT2D eigenvalue weighted by molar-refractivity contribution is 5.93. The second kappa shape index (κ2) is 5.85. The summed E-state index contributed by atoms with van der Waals surface area (Å²) in [5.74, 6) is -0.0662. The van der Waals surface area contributed by atoms with Gasteiger partial charge in [0, 0.05) is 26.3 Å². The number of aromatic nitrogens is 4. The van der Waals surface area contributed by atoms with Crippen molar-refractivity contribution in [3.63, 3.8) is 0 Å². The van der Waals surface area contributed by atoms with Gasteiger partial charge in [0.15, 0.2) is 0 Å². The maximum absolute atomic E-state index is 12.8. The summed E-state index contributed by atoms with van der Waals surface area (Å²) in [6, 6.07) is 5.68. The summed E-state index contributed by atoms with van der Waals surface area (Å²) in [6.45, 7) is 1.18. The van der Waals surface area contributed by atoms with Gasteiger partial charge in [-0.25, -0.2) is 4.68 Å². The summed E-state index contributed by atoms with van der Waals surface area (Å²) in [5, 5.41) is 17.0. The van der Waals surface area contributed by atoms with Crippen molar-refractivity contribution in [3.05, 3.63) is 35.9 Å². The molecule has 0 spiro atoms. The van der Waals surface area contributed by atoms with E-state index in [1.54, 1.807) is 29.9 Å². The van der Waals surface area contributed by atoms with Crippen molar-refractivity contribution < 1.29 is 4.79 Å². The molecule has 2 atom stereocenters. The van der Waals surface area contributed by atoms with Crippen molar-refractivity contribution >= 4 is 5.91 Å². The van der Waals surface area contributed by atoms with E-state index in [0.717, 1.165) is 0 Å². The summed E-state index contributed by atoms with van der Waals surface area (Å²) in [7, 11) is 5.73. The van der Waals surface area contributed by atoms with Gasteiger partial charge < -0.3 is 14.4 Å². The number of carbonyl (C=O) groups is 1. The highest BCUT2D eigenvalue weighted by Crippen LogP contribution is 2.26. The Kier molecular flexibility index (Phi) is 3.88. The third-order valence-corrected chi connectivity index (χ3v) is 4.45. The summed E-state index contributed by atoms with van der Waals surface area (Å²) in [4.78, 5) is 16.7. The molecule has 1 amide bonds. The van der Waals surface area contributed by atoms with Crippen LogP contribution in [0.25, 0.3) is 0 Å². The molecule has 1 saturated heterocycles. The Labute approximate surface area is 134 Å². The molecule has 0 N–H and O–H groups in total. The van der Waals surface area contributed by atoms with Crippen LogP contribution in [0.3, 0.4) is 0 Å². The van der Waals surface area contributed by atoms with Gasteiger partial charge in [0.2, 0.25) is 0 Å². The number of amides is 1. The van der Waals surface area contributed by atoms with Gasteiger partial charge >= 0.3 is 0 Å². The van der Waals surface area contributed by atoms with Crippen LogP contribution in [0.15, 0.2) is 24.5 Å². The van der Waals surface area contributed by atoms with E-state index in [9.17, 15) is 4.79 Å². The van der Waals surface area contributed by atoms with Gasteiger partial charge in [0.25, 0.3) is 5.91 Å². The average molecular weight is 313 g/mol. The zero-order valence-corrected chi connectivity index (χ0v) is 13.4. The van der Waals surface area contributed by atoms with Crippen molar-refractivity contribution in [3.8, 4) is 6.07 Å². The quantitative estimate of drug-likeness (QED) is 0.803. The summed E-state index contributed by atoms with van der Waals surface area (Å²) in [6.07, 6.45) is 3.47. The van der Waals surface area contributed by atoms with Crippen molar-refractivity contribution in [1.29, 1.82) is 5.26 Å². The van der Waals surface area contributed by atoms with E-state index in [2.05, 4.69) is 21.3 Å². The molecule has 2 aromatic rings. The Hall–Kier alpha value is -2.66. The number of likely N-dealkylation sites (tertiary alicyclic amines) is 1. The van der Waals surface area contributed by atoms with Gasteiger partial charge in [-0.15, -0.1) is 5.10 Å². The van der Waals surface area contributed by atoms with E-state index >= 15 is 0 Å². The molecule has 0 radical (unpaired) electrons. The number of nitrogens with zero attached hydrogens (tertiary/aromatic N) is 7. The lowest BCUT2D eigenvalue weighted by atomic mass is 10.1. The standard InChI is InChI=1S/C15H19N7O/c1-19(2)13-9-21(10-14(13)22-7-6-17-18-22)15(23)12-5-4-11(8-16)20(12)3/h4-7,13-14H,9-10H2,1-3H3/t13-,14+/m1/s1. The Morgan fingerprint density at radius 3 is 2.74 bits per heavy atom. The van der Waals surface area contributed by atoms with Crippen LogP contribution in [-0.4, -0.2) is 68.5 Å². The third kappa shape index (κ3) is 2.59. The molecule has 3 rings (SSSR count). The van der Waals surface area contributed by atoms with Gasteiger partial charge in [-0.1, -0.05) is 5.21 Å². The Morgan fingerprint density at radius 2 is 2.17 bits per heavy atom. The molecule has 1 aliphatic heterocycles. The lowest BCUT2D eigenvalue weighted by molar-refractivity contribution is 0.0771. The van der Waals surface area contributed by atoms with E-state index in [1.807, 2.05) is 29.9 Å². The number of rotatable bonds is 3. The van der Waals surface area contributed by atoms with Crippen LogP contribution in [-0.2, 0) is 7.05 Å². The van der Waals surface area contributed by atoms with Gasteiger partial charge in [0.05, 0.1) is 18.3 Å². The minimum atomic E-state index is -0.0662. The van der Waals surface area contributed by atoms with Crippen molar-refractivity contribution in [2.24, 2.45) is 7.05 Å². The molecule has 1 fully saturated rings. The molecule has 8 nitrogen and oxygen atoms in total. The monoisotopic (exact) mass is 313 g/mol. The van der Waals surface area contributed by atoms with Crippen LogP contribution < -0.4 is 0 Å². The number of carbonyl (C=O) groups excluding carboxylic acids is 1.